The Bertz CT molecular complexity index is 1210. The number of nitrogens with one attached hydrogen (secondary N) is 2. The summed E-state index contributed by atoms with van der Waals surface area (Å²) in [6, 6.07) is 12.8. The number of imidazole rings is 1. The number of carbonyl (C=O) groups excluding carboxylic acids is 3. The van der Waals surface area contributed by atoms with E-state index in [9.17, 15) is 14.4 Å². The number of aryl methyl sites for hydroxylation is 3. The Morgan fingerprint density at radius 3 is 2.69 bits per heavy atom. The smallest absolute Gasteiger partial charge is 0.262 e. The number of carbonyl (C=O) groups is 3. The maximum Gasteiger partial charge on any atom is 0.262 e. The predicted molar refractivity (Wildman–Crippen MR) is 137 cm³/mol. The van der Waals surface area contributed by atoms with Crippen molar-refractivity contribution in [3.05, 3.63) is 72.3 Å². The lowest BCUT2D eigenvalue weighted by Gasteiger charge is -2.17. The van der Waals surface area contributed by atoms with Crippen molar-refractivity contribution in [1.29, 1.82) is 0 Å². The van der Waals surface area contributed by atoms with Gasteiger partial charge >= 0.3 is 0 Å². The van der Waals surface area contributed by atoms with Gasteiger partial charge in [0.1, 0.15) is 5.75 Å². The summed E-state index contributed by atoms with van der Waals surface area (Å²) in [5.74, 6) is -0.299. The summed E-state index contributed by atoms with van der Waals surface area (Å²) in [6.45, 7) is 5.44. The molecule has 1 fully saturated rings. The Labute approximate surface area is 210 Å². The fourth-order valence-electron chi connectivity index (χ4n) is 4.10. The van der Waals surface area contributed by atoms with Gasteiger partial charge in [0, 0.05) is 49.8 Å². The van der Waals surface area contributed by atoms with Crippen molar-refractivity contribution in [2.24, 2.45) is 5.92 Å². The molecule has 0 saturated carbocycles. The highest BCUT2D eigenvalue weighted by molar-refractivity contribution is 6.00. The van der Waals surface area contributed by atoms with E-state index < -0.39 is 0 Å². The largest absolute Gasteiger partial charge is 0.484 e. The first kappa shape index (κ1) is 25.0. The third-order valence-electron chi connectivity index (χ3n) is 6.13. The van der Waals surface area contributed by atoms with Crippen LogP contribution in [0.15, 0.2) is 61.2 Å². The second kappa shape index (κ2) is 11.5. The lowest BCUT2D eigenvalue weighted by molar-refractivity contribution is -0.126. The number of hydrogen-bond acceptors (Lipinski definition) is 5. The minimum atomic E-state index is -0.379. The van der Waals surface area contributed by atoms with Gasteiger partial charge in [0.2, 0.25) is 11.8 Å². The van der Waals surface area contributed by atoms with Gasteiger partial charge in [0.05, 0.1) is 12.2 Å². The SMILES string of the molecule is Cc1ccc(C)c(NC(=O)COc2ccc(N3C[C@H](C(=O)NCCCn4ccnc4)CC3=O)cc2)c1. The first-order valence-electron chi connectivity index (χ1n) is 12.0. The van der Waals surface area contributed by atoms with Crippen LogP contribution in [0.25, 0.3) is 0 Å². The van der Waals surface area contributed by atoms with Crippen molar-refractivity contribution in [2.45, 2.75) is 33.2 Å². The number of amides is 3. The second-order valence-corrected chi connectivity index (χ2v) is 9.00. The highest BCUT2D eigenvalue weighted by atomic mass is 16.5. The van der Waals surface area contributed by atoms with Crippen LogP contribution in [0, 0.1) is 19.8 Å². The molecule has 0 bridgehead atoms. The van der Waals surface area contributed by atoms with Gasteiger partial charge < -0.3 is 24.8 Å². The number of benzene rings is 2. The zero-order chi connectivity index (χ0) is 25.5. The van der Waals surface area contributed by atoms with Gasteiger partial charge in [-0.1, -0.05) is 12.1 Å². The first-order valence-corrected chi connectivity index (χ1v) is 12.0. The molecule has 188 valence electrons. The molecule has 2 N–H and O–H groups in total. The average molecular weight is 490 g/mol. The standard InChI is InChI=1S/C27H31N5O4/c1-19-4-5-20(2)24(14-19)30-25(33)17-36-23-8-6-22(7-9-23)32-16-21(15-26(32)34)27(35)29-10-3-12-31-13-11-28-18-31/h4-9,11,13-14,18,21H,3,10,12,15-17H2,1-2H3,(H,29,35)(H,30,33)/t21-/m1/s1. The molecule has 36 heavy (non-hydrogen) atoms. The number of aromatic nitrogens is 2. The van der Waals surface area contributed by atoms with E-state index in [2.05, 4.69) is 15.6 Å². The summed E-state index contributed by atoms with van der Waals surface area (Å²) >= 11 is 0. The molecule has 0 radical (unpaired) electrons. The molecule has 2 heterocycles. The number of ether oxygens (including phenoxy) is 1. The highest BCUT2D eigenvalue weighted by Gasteiger charge is 2.34. The Hall–Kier alpha value is -4.14. The molecule has 1 aliphatic heterocycles. The summed E-state index contributed by atoms with van der Waals surface area (Å²) in [7, 11) is 0. The van der Waals surface area contributed by atoms with Crippen molar-refractivity contribution >= 4 is 29.1 Å². The van der Waals surface area contributed by atoms with Crippen LogP contribution in [-0.4, -0.2) is 47.0 Å². The summed E-state index contributed by atoms with van der Waals surface area (Å²) in [5, 5.41) is 5.80. The van der Waals surface area contributed by atoms with E-state index >= 15 is 0 Å². The van der Waals surface area contributed by atoms with E-state index in [1.54, 1.807) is 41.7 Å². The molecule has 0 unspecified atom stereocenters. The number of nitrogens with zero attached hydrogens (tertiary/aromatic N) is 3. The quantitative estimate of drug-likeness (QED) is 0.426. The van der Waals surface area contributed by atoms with Gasteiger partial charge in [-0.2, -0.15) is 0 Å². The molecule has 0 spiro atoms. The lowest BCUT2D eigenvalue weighted by atomic mass is 10.1. The lowest BCUT2D eigenvalue weighted by Crippen LogP contribution is -2.33. The predicted octanol–water partition coefficient (Wildman–Crippen LogP) is 3.08. The van der Waals surface area contributed by atoms with Crippen LogP contribution in [-0.2, 0) is 20.9 Å². The monoisotopic (exact) mass is 489 g/mol. The zero-order valence-corrected chi connectivity index (χ0v) is 20.6. The van der Waals surface area contributed by atoms with E-state index in [1.165, 1.54) is 0 Å². The summed E-state index contributed by atoms with van der Waals surface area (Å²) in [4.78, 5) is 43.0. The average Bonchev–Trinajstić information content (AvgIpc) is 3.53. The van der Waals surface area contributed by atoms with E-state index in [-0.39, 0.29) is 36.7 Å². The number of rotatable bonds is 10. The second-order valence-electron chi connectivity index (χ2n) is 9.00. The molecular formula is C27H31N5O4. The topological polar surface area (TPSA) is 106 Å². The van der Waals surface area contributed by atoms with Crippen LogP contribution in [0.2, 0.25) is 0 Å². The Kier molecular flexibility index (Phi) is 7.99. The van der Waals surface area contributed by atoms with Crippen molar-refractivity contribution in [2.75, 3.05) is 29.9 Å². The fraction of sp³-hybridized carbons (Fsp3) is 0.333. The maximum atomic E-state index is 12.6. The van der Waals surface area contributed by atoms with Crippen LogP contribution in [0.4, 0.5) is 11.4 Å². The van der Waals surface area contributed by atoms with Crippen molar-refractivity contribution in [3.8, 4) is 5.75 Å². The number of hydrogen-bond donors (Lipinski definition) is 2. The van der Waals surface area contributed by atoms with Crippen molar-refractivity contribution in [1.82, 2.24) is 14.9 Å². The highest BCUT2D eigenvalue weighted by Crippen LogP contribution is 2.27. The van der Waals surface area contributed by atoms with Gasteiger partial charge in [-0.3, -0.25) is 14.4 Å². The van der Waals surface area contributed by atoms with E-state index in [1.807, 2.05) is 42.8 Å². The van der Waals surface area contributed by atoms with E-state index in [0.29, 0.717) is 24.5 Å². The Morgan fingerprint density at radius 2 is 1.94 bits per heavy atom. The molecular weight excluding hydrogens is 458 g/mol. The third-order valence-corrected chi connectivity index (χ3v) is 6.13. The minimum absolute atomic E-state index is 0.0878. The van der Waals surface area contributed by atoms with Gasteiger partial charge in [0.15, 0.2) is 6.61 Å². The fourth-order valence-corrected chi connectivity index (χ4v) is 4.10. The summed E-state index contributed by atoms with van der Waals surface area (Å²) in [6.07, 6.45) is 6.32. The first-order chi connectivity index (χ1) is 17.4. The van der Waals surface area contributed by atoms with Crippen molar-refractivity contribution < 1.29 is 19.1 Å². The third kappa shape index (κ3) is 6.50. The molecule has 3 amide bonds. The maximum absolute atomic E-state index is 12.6. The molecule has 1 saturated heterocycles. The van der Waals surface area contributed by atoms with Gasteiger partial charge in [-0.05, 0) is 61.7 Å². The van der Waals surface area contributed by atoms with Gasteiger partial charge in [-0.15, -0.1) is 0 Å². The molecule has 1 aromatic heterocycles. The molecule has 3 aromatic rings. The van der Waals surface area contributed by atoms with Crippen LogP contribution in [0.1, 0.15) is 24.0 Å². The molecule has 4 rings (SSSR count). The molecule has 9 nitrogen and oxygen atoms in total. The van der Waals surface area contributed by atoms with Crippen LogP contribution >= 0.6 is 0 Å². The summed E-state index contributed by atoms with van der Waals surface area (Å²) < 4.78 is 7.57. The van der Waals surface area contributed by atoms with E-state index in [0.717, 1.165) is 29.8 Å². The summed E-state index contributed by atoms with van der Waals surface area (Å²) in [5.41, 5.74) is 3.51. The van der Waals surface area contributed by atoms with Gasteiger partial charge in [0.25, 0.3) is 5.91 Å². The Morgan fingerprint density at radius 1 is 1.14 bits per heavy atom. The minimum Gasteiger partial charge on any atom is -0.484 e. The van der Waals surface area contributed by atoms with E-state index in [4.69, 9.17) is 4.74 Å². The normalized spacial score (nSPS) is 15.1. The van der Waals surface area contributed by atoms with Crippen molar-refractivity contribution in [3.63, 3.8) is 0 Å². The molecule has 9 heteroatoms. The number of anilines is 2. The molecule has 2 aromatic carbocycles. The Balaban J connectivity index is 1.23. The van der Waals surface area contributed by atoms with Crippen LogP contribution in [0.5, 0.6) is 5.75 Å². The van der Waals surface area contributed by atoms with Crippen LogP contribution < -0.4 is 20.3 Å². The zero-order valence-electron chi connectivity index (χ0n) is 20.6. The van der Waals surface area contributed by atoms with Crippen LogP contribution in [0.3, 0.4) is 0 Å². The molecule has 0 aliphatic carbocycles. The molecule has 1 aliphatic rings. The molecule has 1 atom stereocenters. The van der Waals surface area contributed by atoms with Gasteiger partial charge in [-0.25, -0.2) is 4.98 Å².